The third-order valence-electron chi connectivity index (χ3n) is 12.8. The van der Waals surface area contributed by atoms with Gasteiger partial charge in [-0.2, -0.15) is 0 Å². The van der Waals surface area contributed by atoms with Crippen molar-refractivity contribution in [1.82, 2.24) is 0 Å². The molecule has 394 valence electrons. The Kier molecular flexibility index (Phi) is 54.3. The molecule has 0 saturated carbocycles. The first-order chi connectivity index (χ1) is 33.5. The number of allylic oxidation sites excluding steroid dienone is 10. The lowest BCUT2D eigenvalue weighted by molar-refractivity contribution is -0.167. The minimum Gasteiger partial charge on any atom is -0.462 e. The lowest BCUT2D eigenvalue weighted by atomic mass is 10.0. The first-order valence-corrected chi connectivity index (χ1v) is 29.3. The topological polar surface area (TPSA) is 78.9 Å². The zero-order valence-electron chi connectivity index (χ0n) is 45.1. The molecule has 0 spiro atoms. The Labute approximate surface area is 421 Å². The fraction of sp³-hybridized carbons (Fsp3) is 0.790. The zero-order valence-corrected chi connectivity index (χ0v) is 45.1. The predicted octanol–water partition coefficient (Wildman–Crippen LogP) is 19.6. The van der Waals surface area contributed by atoms with Crippen molar-refractivity contribution in [3.05, 3.63) is 60.8 Å². The van der Waals surface area contributed by atoms with Crippen LogP contribution in [0, 0.1) is 0 Å². The van der Waals surface area contributed by atoms with Crippen LogP contribution in [0.5, 0.6) is 0 Å². The maximum atomic E-state index is 12.9. The molecule has 1 atom stereocenters. The van der Waals surface area contributed by atoms with E-state index >= 15 is 0 Å². The van der Waals surface area contributed by atoms with Gasteiger partial charge in [0.25, 0.3) is 0 Å². The van der Waals surface area contributed by atoms with Crippen LogP contribution in [-0.4, -0.2) is 37.2 Å². The van der Waals surface area contributed by atoms with E-state index in [2.05, 4.69) is 81.5 Å². The van der Waals surface area contributed by atoms with Crippen molar-refractivity contribution in [1.29, 1.82) is 0 Å². The molecule has 1 unspecified atom stereocenters. The van der Waals surface area contributed by atoms with E-state index in [0.717, 1.165) is 83.5 Å². The highest BCUT2D eigenvalue weighted by molar-refractivity contribution is 5.71. The molecule has 0 aliphatic heterocycles. The van der Waals surface area contributed by atoms with Gasteiger partial charge in [-0.05, 0) is 83.5 Å². The number of hydrogen-bond donors (Lipinski definition) is 0. The summed E-state index contributed by atoms with van der Waals surface area (Å²) in [4.78, 5) is 38.2. The minimum absolute atomic E-state index is 0.0858. The van der Waals surface area contributed by atoms with Crippen molar-refractivity contribution in [3.63, 3.8) is 0 Å². The Bertz CT molecular complexity index is 1230. The minimum atomic E-state index is -0.790. The fourth-order valence-electron chi connectivity index (χ4n) is 8.37. The largest absolute Gasteiger partial charge is 0.462 e. The second kappa shape index (κ2) is 56.7. The Morgan fingerprint density at radius 2 is 0.574 bits per heavy atom. The molecule has 68 heavy (non-hydrogen) atoms. The number of carbonyl (C=O) groups is 3. The highest BCUT2D eigenvalue weighted by Crippen LogP contribution is 2.16. The number of rotatable bonds is 53. The van der Waals surface area contributed by atoms with Crippen LogP contribution in [0.25, 0.3) is 0 Å². The molecule has 0 aromatic carbocycles. The predicted molar refractivity (Wildman–Crippen MR) is 293 cm³/mol. The summed E-state index contributed by atoms with van der Waals surface area (Å²) in [5.74, 6) is -0.917. The maximum Gasteiger partial charge on any atom is 0.306 e. The van der Waals surface area contributed by atoms with E-state index in [1.807, 2.05) is 0 Å². The average molecular weight is 952 g/mol. The SMILES string of the molecule is CC/C=C\C/C=C\C/C=C\C/C=C\CCCCC(=O)OCC(COC(=O)CCCCCCCCCCC/C=C\CCCCCCCC)OC(=O)CCCCCCCCCCCCCCCCCC. The molecule has 0 heterocycles. The van der Waals surface area contributed by atoms with Crippen molar-refractivity contribution < 1.29 is 28.6 Å². The first-order valence-electron chi connectivity index (χ1n) is 29.3. The number of unbranched alkanes of at least 4 members (excludes halogenated alkanes) is 32. The van der Waals surface area contributed by atoms with Crippen LogP contribution in [0.3, 0.4) is 0 Å². The number of esters is 3. The summed E-state index contributed by atoms with van der Waals surface area (Å²) in [5, 5.41) is 0. The van der Waals surface area contributed by atoms with Gasteiger partial charge in [0, 0.05) is 19.3 Å². The lowest BCUT2D eigenvalue weighted by Gasteiger charge is -2.18. The van der Waals surface area contributed by atoms with Crippen LogP contribution in [-0.2, 0) is 28.6 Å². The van der Waals surface area contributed by atoms with Gasteiger partial charge in [-0.3, -0.25) is 14.4 Å². The van der Waals surface area contributed by atoms with Gasteiger partial charge in [0.05, 0.1) is 0 Å². The van der Waals surface area contributed by atoms with Crippen molar-refractivity contribution >= 4 is 17.9 Å². The van der Waals surface area contributed by atoms with Crippen LogP contribution in [0.2, 0.25) is 0 Å². The van der Waals surface area contributed by atoms with E-state index in [1.165, 1.54) is 173 Å². The van der Waals surface area contributed by atoms with Gasteiger partial charge in [0.2, 0.25) is 0 Å². The van der Waals surface area contributed by atoms with Crippen LogP contribution < -0.4 is 0 Å². The van der Waals surface area contributed by atoms with Gasteiger partial charge in [0.15, 0.2) is 6.10 Å². The van der Waals surface area contributed by atoms with Crippen molar-refractivity contribution in [2.24, 2.45) is 0 Å². The summed E-state index contributed by atoms with van der Waals surface area (Å²) < 4.78 is 16.9. The second-order valence-electron chi connectivity index (χ2n) is 19.5. The van der Waals surface area contributed by atoms with E-state index in [0.29, 0.717) is 19.3 Å². The Hall–Kier alpha value is -2.89. The summed E-state index contributed by atoms with van der Waals surface area (Å²) in [6, 6.07) is 0. The van der Waals surface area contributed by atoms with E-state index in [-0.39, 0.29) is 31.1 Å². The van der Waals surface area contributed by atoms with Crippen LogP contribution in [0.1, 0.15) is 297 Å². The third kappa shape index (κ3) is 54.1. The Morgan fingerprint density at radius 3 is 0.941 bits per heavy atom. The number of ether oxygens (including phenoxy) is 3. The summed E-state index contributed by atoms with van der Waals surface area (Å²) in [6.45, 7) is 6.52. The van der Waals surface area contributed by atoms with E-state index in [4.69, 9.17) is 14.2 Å². The molecule has 0 rings (SSSR count). The van der Waals surface area contributed by atoms with Crippen LogP contribution in [0.15, 0.2) is 60.8 Å². The van der Waals surface area contributed by atoms with Gasteiger partial charge in [0.1, 0.15) is 13.2 Å². The molecular formula is C62H110O6. The molecule has 0 aromatic rings. The fourth-order valence-corrected chi connectivity index (χ4v) is 8.37. The quantitative estimate of drug-likeness (QED) is 0.0262. The molecule has 0 saturated heterocycles. The van der Waals surface area contributed by atoms with Crippen molar-refractivity contribution in [3.8, 4) is 0 Å². The highest BCUT2D eigenvalue weighted by Gasteiger charge is 2.19. The van der Waals surface area contributed by atoms with Gasteiger partial charge in [-0.1, -0.05) is 255 Å². The zero-order chi connectivity index (χ0) is 49.3. The Morgan fingerprint density at radius 1 is 0.309 bits per heavy atom. The summed E-state index contributed by atoms with van der Waals surface area (Å²) in [7, 11) is 0. The van der Waals surface area contributed by atoms with Crippen LogP contribution in [0.4, 0.5) is 0 Å². The van der Waals surface area contributed by atoms with Crippen molar-refractivity contribution in [2.45, 2.75) is 303 Å². The monoisotopic (exact) mass is 951 g/mol. The van der Waals surface area contributed by atoms with Gasteiger partial charge in [-0.15, -0.1) is 0 Å². The molecule has 0 amide bonds. The number of hydrogen-bond acceptors (Lipinski definition) is 6. The second-order valence-corrected chi connectivity index (χ2v) is 19.5. The molecule has 0 aliphatic carbocycles. The van der Waals surface area contributed by atoms with E-state index < -0.39 is 6.10 Å². The van der Waals surface area contributed by atoms with E-state index in [1.54, 1.807) is 0 Å². The standard InChI is InChI=1S/C62H110O6/c1-4-7-10-13-16-19-22-25-28-30-31-32-35-37-40-43-46-49-52-55-61(64)67-58-59(57-66-60(63)54-51-48-45-42-39-36-33-27-24-21-18-15-12-9-6-3)68-62(65)56-53-50-47-44-41-38-34-29-26-23-20-17-14-11-8-5-2/h9,12,18,21,25,27-28,33,39,42,59H,4-8,10-11,13-17,19-20,22-24,26,29-32,34-38,40-41,43-58H2,1-3H3/b12-9-,21-18-,28-25-,33-27-,42-39-. The molecular weight excluding hydrogens is 841 g/mol. The molecule has 0 fully saturated rings. The van der Waals surface area contributed by atoms with Gasteiger partial charge >= 0.3 is 17.9 Å². The third-order valence-corrected chi connectivity index (χ3v) is 12.8. The molecule has 0 aliphatic rings. The maximum absolute atomic E-state index is 12.9. The number of carbonyl (C=O) groups excluding carboxylic acids is 3. The first kappa shape index (κ1) is 65.1. The Balaban J connectivity index is 4.39. The normalized spacial score (nSPS) is 12.5. The lowest BCUT2D eigenvalue weighted by Crippen LogP contribution is -2.30. The summed E-state index contributed by atoms with van der Waals surface area (Å²) in [6.07, 6.45) is 70.7. The average Bonchev–Trinajstić information content (AvgIpc) is 3.34. The molecule has 0 aromatic heterocycles. The summed E-state index contributed by atoms with van der Waals surface area (Å²) in [5.41, 5.74) is 0. The highest BCUT2D eigenvalue weighted by atomic mass is 16.6. The molecule has 6 heteroatoms. The summed E-state index contributed by atoms with van der Waals surface area (Å²) >= 11 is 0. The smallest absolute Gasteiger partial charge is 0.306 e. The van der Waals surface area contributed by atoms with Crippen molar-refractivity contribution in [2.75, 3.05) is 13.2 Å². The van der Waals surface area contributed by atoms with Crippen LogP contribution >= 0.6 is 0 Å². The molecule has 0 N–H and O–H groups in total. The molecule has 0 radical (unpaired) electrons. The molecule has 0 bridgehead atoms. The van der Waals surface area contributed by atoms with Gasteiger partial charge in [-0.25, -0.2) is 0 Å². The van der Waals surface area contributed by atoms with Gasteiger partial charge < -0.3 is 14.2 Å². The molecule has 6 nitrogen and oxygen atoms in total. The van der Waals surface area contributed by atoms with E-state index in [9.17, 15) is 14.4 Å².